The van der Waals surface area contributed by atoms with Gasteiger partial charge in [-0.15, -0.1) is 0 Å². The van der Waals surface area contributed by atoms with Crippen LogP contribution in [0.4, 0.5) is 0 Å². The summed E-state index contributed by atoms with van der Waals surface area (Å²) in [6.45, 7) is 6.44. The fraction of sp³-hybridized carbons (Fsp3) is 0.800. The van der Waals surface area contributed by atoms with Crippen molar-refractivity contribution in [1.82, 2.24) is 9.80 Å². The average molecular weight is 277 g/mol. The second kappa shape index (κ2) is 5.49. The van der Waals surface area contributed by atoms with Crippen molar-refractivity contribution in [2.75, 3.05) is 31.5 Å². The zero-order chi connectivity index (χ0) is 11.4. The van der Waals surface area contributed by atoms with Crippen molar-refractivity contribution < 1.29 is 9.59 Å². The van der Waals surface area contributed by atoms with E-state index in [-0.39, 0.29) is 17.7 Å². The van der Waals surface area contributed by atoms with Gasteiger partial charge < -0.3 is 9.80 Å². The van der Waals surface area contributed by atoms with Crippen molar-refractivity contribution in [3.8, 4) is 0 Å². The molecule has 15 heavy (non-hydrogen) atoms. The summed E-state index contributed by atoms with van der Waals surface area (Å²) in [4.78, 5) is 26.6. The number of rotatable bonds is 2. The zero-order valence-corrected chi connectivity index (χ0v) is 10.8. The van der Waals surface area contributed by atoms with Crippen LogP contribution in [0.15, 0.2) is 0 Å². The Hall–Kier alpha value is -0.580. The van der Waals surface area contributed by atoms with Gasteiger partial charge in [-0.2, -0.15) is 0 Å². The van der Waals surface area contributed by atoms with E-state index >= 15 is 0 Å². The molecule has 1 heterocycles. The minimum Gasteiger partial charge on any atom is -0.339 e. The highest BCUT2D eigenvalue weighted by molar-refractivity contribution is 9.09. The fourth-order valence-corrected chi connectivity index (χ4v) is 1.98. The van der Waals surface area contributed by atoms with Crippen molar-refractivity contribution in [3.63, 3.8) is 0 Å². The predicted octanol–water partition coefficient (Wildman–Crippen LogP) is 0.708. The number of nitrogens with zero attached hydrogens (tertiary/aromatic N) is 2. The van der Waals surface area contributed by atoms with Crippen LogP contribution in [0.1, 0.15) is 13.8 Å². The molecule has 0 bridgehead atoms. The molecular formula is C10H17BrN2O2. The van der Waals surface area contributed by atoms with E-state index < -0.39 is 0 Å². The number of carbonyl (C=O) groups excluding carboxylic acids is 2. The van der Waals surface area contributed by atoms with Gasteiger partial charge in [0, 0.05) is 32.1 Å². The first kappa shape index (κ1) is 12.5. The summed E-state index contributed by atoms with van der Waals surface area (Å²) in [5, 5.41) is 0.366. The van der Waals surface area contributed by atoms with Gasteiger partial charge in [0.25, 0.3) is 0 Å². The van der Waals surface area contributed by atoms with E-state index in [9.17, 15) is 9.59 Å². The van der Waals surface area contributed by atoms with E-state index in [0.29, 0.717) is 31.5 Å². The first-order valence-electron chi connectivity index (χ1n) is 5.18. The van der Waals surface area contributed by atoms with Gasteiger partial charge >= 0.3 is 0 Å². The van der Waals surface area contributed by atoms with Crippen LogP contribution in [0, 0.1) is 5.92 Å². The van der Waals surface area contributed by atoms with E-state index in [1.54, 1.807) is 4.90 Å². The summed E-state index contributed by atoms with van der Waals surface area (Å²) in [5.74, 6) is 0.330. The van der Waals surface area contributed by atoms with Crippen molar-refractivity contribution >= 4 is 27.7 Å². The van der Waals surface area contributed by atoms with Gasteiger partial charge in [-0.05, 0) is 0 Å². The van der Waals surface area contributed by atoms with Crippen LogP contribution < -0.4 is 0 Å². The Morgan fingerprint density at radius 3 is 2.00 bits per heavy atom. The quantitative estimate of drug-likeness (QED) is 0.697. The minimum absolute atomic E-state index is 0.0448. The normalized spacial score (nSPS) is 17.1. The second-order valence-electron chi connectivity index (χ2n) is 3.99. The first-order chi connectivity index (χ1) is 7.06. The highest BCUT2D eigenvalue weighted by atomic mass is 79.9. The lowest BCUT2D eigenvalue weighted by atomic mass is 10.1. The van der Waals surface area contributed by atoms with Crippen molar-refractivity contribution in [2.45, 2.75) is 13.8 Å². The molecular weight excluding hydrogens is 260 g/mol. The highest BCUT2D eigenvalue weighted by Crippen LogP contribution is 2.07. The average Bonchev–Trinajstić information content (AvgIpc) is 2.27. The van der Waals surface area contributed by atoms with E-state index in [4.69, 9.17) is 0 Å². The van der Waals surface area contributed by atoms with Gasteiger partial charge in [-0.25, -0.2) is 0 Å². The molecule has 1 rings (SSSR count). The monoisotopic (exact) mass is 276 g/mol. The summed E-state index contributed by atoms with van der Waals surface area (Å²) in [6, 6.07) is 0. The maximum atomic E-state index is 11.7. The molecule has 0 aromatic heterocycles. The van der Waals surface area contributed by atoms with E-state index in [0.717, 1.165) is 0 Å². The summed E-state index contributed by atoms with van der Waals surface area (Å²) in [7, 11) is 0. The molecule has 1 fully saturated rings. The Morgan fingerprint density at radius 2 is 1.60 bits per heavy atom. The Bertz CT molecular complexity index is 248. The molecule has 0 aliphatic carbocycles. The van der Waals surface area contributed by atoms with Crippen LogP contribution in [0.2, 0.25) is 0 Å². The lowest BCUT2D eigenvalue weighted by Gasteiger charge is -2.35. The van der Waals surface area contributed by atoms with Crippen LogP contribution in [-0.4, -0.2) is 53.1 Å². The van der Waals surface area contributed by atoms with Gasteiger partial charge in [-0.1, -0.05) is 29.8 Å². The Labute approximate surface area is 98.7 Å². The molecule has 0 saturated carbocycles. The van der Waals surface area contributed by atoms with Gasteiger partial charge in [0.2, 0.25) is 11.8 Å². The Kier molecular flexibility index (Phi) is 4.57. The molecule has 0 unspecified atom stereocenters. The molecule has 1 aliphatic rings. The topological polar surface area (TPSA) is 40.6 Å². The smallest absolute Gasteiger partial charge is 0.233 e. The Morgan fingerprint density at radius 1 is 1.13 bits per heavy atom. The molecule has 0 N–H and O–H groups in total. The first-order valence-corrected chi connectivity index (χ1v) is 6.31. The SMILES string of the molecule is CC(C)C(=O)N1CCN(C(=O)CBr)CC1. The lowest BCUT2D eigenvalue weighted by Crippen LogP contribution is -2.51. The zero-order valence-electron chi connectivity index (χ0n) is 9.20. The Balaban J connectivity index is 2.42. The van der Waals surface area contributed by atoms with E-state index in [1.807, 2.05) is 18.7 Å². The van der Waals surface area contributed by atoms with Gasteiger partial charge in [0.15, 0.2) is 0 Å². The third-order valence-corrected chi connectivity index (χ3v) is 3.03. The number of alkyl halides is 1. The lowest BCUT2D eigenvalue weighted by molar-refractivity contribution is -0.140. The molecule has 0 atom stereocenters. The molecule has 5 heteroatoms. The van der Waals surface area contributed by atoms with Gasteiger partial charge in [-0.3, -0.25) is 9.59 Å². The molecule has 0 radical (unpaired) electrons. The van der Waals surface area contributed by atoms with Crippen LogP contribution in [0.3, 0.4) is 0 Å². The molecule has 0 aromatic rings. The van der Waals surface area contributed by atoms with Crippen LogP contribution in [-0.2, 0) is 9.59 Å². The molecule has 1 aliphatic heterocycles. The number of piperazine rings is 1. The van der Waals surface area contributed by atoms with Crippen LogP contribution in [0.5, 0.6) is 0 Å². The maximum Gasteiger partial charge on any atom is 0.233 e. The third-order valence-electron chi connectivity index (χ3n) is 2.55. The predicted molar refractivity (Wildman–Crippen MR) is 61.8 cm³/mol. The second-order valence-corrected chi connectivity index (χ2v) is 4.56. The summed E-state index contributed by atoms with van der Waals surface area (Å²) < 4.78 is 0. The maximum absolute atomic E-state index is 11.7. The number of hydrogen-bond donors (Lipinski definition) is 0. The standard InChI is InChI=1S/C10H17BrN2O2/c1-8(2)10(15)13-5-3-12(4-6-13)9(14)7-11/h8H,3-7H2,1-2H3. The molecule has 4 nitrogen and oxygen atoms in total. The molecule has 86 valence electrons. The number of amides is 2. The molecule has 0 aromatic carbocycles. The fourth-order valence-electron chi connectivity index (χ4n) is 1.63. The highest BCUT2D eigenvalue weighted by Gasteiger charge is 2.24. The van der Waals surface area contributed by atoms with Crippen molar-refractivity contribution in [3.05, 3.63) is 0 Å². The minimum atomic E-state index is 0.0448. The largest absolute Gasteiger partial charge is 0.339 e. The number of hydrogen-bond acceptors (Lipinski definition) is 2. The summed E-state index contributed by atoms with van der Waals surface area (Å²) >= 11 is 3.15. The summed E-state index contributed by atoms with van der Waals surface area (Å²) in [6.07, 6.45) is 0. The van der Waals surface area contributed by atoms with E-state index in [2.05, 4.69) is 15.9 Å². The molecule has 0 spiro atoms. The van der Waals surface area contributed by atoms with Crippen molar-refractivity contribution in [2.24, 2.45) is 5.92 Å². The molecule has 2 amide bonds. The number of halogens is 1. The molecule has 1 saturated heterocycles. The summed E-state index contributed by atoms with van der Waals surface area (Å²) in [5.41, 5.74) is 0. The van der Waals surface area contributed by atoms with E-state index in [1.165, 1.54) is 0 Å². The van der Waals surface area contributed by atoms with Gasteiger partial charge in [0.05, 0.1) is 5.33 Å². The van der Waals surface area contributed by atoms with Crippen LogP contribution >= 0.6 is 15.9 Å². The third kappa shape index (κ3) is 3.19. The number of carbonyl (C=O) groups is 2. The van der Waals surface area contributed by atoms with Gasteiger partial charge in [0.1, 0.15) is 0 Å². The van der Waals surface area contributed by atoms with Crippen molar-refractivity contribution in [1.29, 1.82) is 0 Å². The van der Waals surface area contributed by atoms with Crippen LogP contribution in [0.25, 0.3) is 0 Å².